The molecule has 1 aliphatic rings. The summed E-state index contributed by atoms with van der Waals surface area (Å²) in [6.45, 7) is 0.360. The summed E-state index contributed by atoms with van der Waals surface area (Å²) < 4.78 is 38.2. The van der Waals surface area contributed by atoms with E-state index < -0.39 is 18.1 Å². The van der Waals surface area contributed by atoms with Crippen molar-refractivity contribution in [2.24, 2.45) is 5.92 Å². The summed E-state index contributed by atoms with van der Waals surface area (Å²) in [4.78, 5) is 17.5. The molecule has 2 rings (SSSR count). The average Bonchev–Trinajstić information content (AvgIpc) is 2.91. The summed E-state index contributed by atoms with van der Waals surface area (Å²) in [5.41, 5.74) is 0. The number of aromatic nitrogens is 1. The molecule has 0 bridgehead atoms. The van der Waals surface area contributed by atoms with Gasteiger partial charge in [-0.2, -0.15) is 13.2 Å². The lowest BCUT2D eigenvalue weighted by molar-refractivity contribution is -0.183. The minimum absolute atomic E-state index is 0.0274. The Morgan fingerprint density at radius 1 is 1.52 bits per heavy atom. The fraction of sp³-hybridized carbons (Fsp3) is 0.692. The molecule has 21 heavy (non-hydrogen) atoms. The highest BCUT2D eigenvalue weighted by Crippen LogP contribution is 2.37. The molecular formula is C13H18F3N3OS. The van der Waals surface area contributed by atoms with E-state index in [4.69, 9.17) is 0 Å². The van der Waals surface area contributed by atoms with Crippen LogP contribution in [0.1, 0.15) is 30.7 Å². The van der Waals surface area contributed by atoms with Gasteiger partial charge in [0.15, 0.2) is 0 Å². The molecule has 0 aromatic carbocycles. The largest absolute Gasteiger partial charge is 0.391 e. The highest BCUT2D eigenvalue weighted by molar-refractivity contribution is 7.09. The van der Waals surface area contributed by atoms with Crippen LogP contribution in [0.4, 0.5) is 18.0 Å². The first-order valence-electron chi connectivity index (χ1n) is 6.83. The molecule has 0 spiro atoms. The van der Waals surface area contributed by atoms with E-state index in [1.54, 1.807) is 13.2 Å². The molecular weight excluding hydrogens is 303 g/mol. The van der Waals surface area contributed by atoms with Crippen LogP contribution < -0.4 is 5.32 Å². The SMILES string of the molecule is CN(Cc1nccs1)C(=O)N[C@@H]1CCC[C@@H](C(F)(F)F)C1. The second-order valence-corrected chi connectivity index (χ2v) is 6.31. The van der Waals surface area contributed by atoms with Gasteiger partial charge in [-0.05, 0) is 19.3 Å². The van der Waals surface area contributed by atoms with Gasteiger partial charge < -0.3 is 10.2 Å². The molecule has 1 heterocycles. The molecule has 0 radical (unpaired) electrons. The number of carbonyl (C=O) groups is 1. The Hall–Kier alpha value is -1.31. The van der Waals surface area contributed by atoms with Crippen molar-refractivity contribution < 1.29 is 18.0 Å². The third-order valence-electron chi connectivity index (χ3n) is 3.67. The van der Waals surface area contributed by atoms with E-state index in [0.717, 1.165) is 5.01 Å². The van der Waals surface area contributed by atoms with Crippen LogP contribution in [-0.2, 0) is 6.54 Å². The minimum atomic E-state index is -4.17. The molecule has 118 valence electrons. The number of nitrogens with zero attached hydrogens (tertiary/aromatic N) is 2. The van der Waals surface area contributed by atoms with Crippen LogP contribution in [0.15, 0.2) is 11.6 Å². The number of hydrogen-bond donors (Lipinski definition) is 1. The van der Waals surface area contributed by atoms with E-state index in [-0.39, 0.29) is 18.9 Å². The maximum atomic E-state index is 12.7. The lowest BCUT2D eigenvalue weighted by Crippen LogP contribution is -2.46. The number of thiazole rings is 1. The van der Waals surface area contributed by atoms with E-state index in [1.165, 1.54) is 16.2 Å². The summed E-state index contributed by atoms with van der Waals surface area (Å²) in [6, 6.07) is -0.755. The molecule has 8 heteroatoms. The predicted molar refractivity (Wildman–Crippen MR) is 73.9 cm³/mol. The van der Waals surface area contributed by atoms with Crippen molar-refractivity contribution >= 4 is 17.4 Å². The van der Waals surface area contributed by atoms with Gasteiger partial charge in [-0.25, -0.2) is 9.78 Å². The van der Waals surface area contributed by atoms with Crippen molar-refractivity contribution in [1.29, 1.82) is 0 Å². The highest BCUT2D eigenvalue weighted by atomic mass is 32.1. The fourth-order valence-electron chi connectivity index (χ4n) is 2.51. The van der Waals surface area contributed by atoms with Crippen LogP contribution in [0.5, 0.6) is 0 Å². The molecule has 4 nitrogen and oxygen atoms in total. The van der Waals surface area contributed by atoms with E-state index >= 15 is 0 Å². The van der Waals surface area contributed by atoms with Crippen molar-refractivity contribution in [3.63, 3.8) is 0 Å². The Balaban J connectivity index is 1.84. The predicted octanol–water partition coefficient (Wildman–Crippen LogP) is 3.41. The van der Waals surface area contributed by atoms with Gasteiger partial charge in [-0.3, -0.25) is 0 Å². The number of carbonyl (C=O) groups excluding carboxylic acids is 1. The molecule has 0 aliphatic heterocycles. The van der Waals surface area contributed by atoms with Gasteiger partial charge in [0.25, 0.3) is 0 Å². The van der Waals surface area contributed by atoms with E-state index in [2.05, 4.69) is 10.3 Å². The topological polar surface area (TPSA) is 45.2 Å². The van der Waals surface area contributed by atoms with Crippen molar-refractivity contribution in [3.05, 3.63) is 16.6 Å². The second-order valence-electron chi connectivity index (χ2n) is 5.33. The Kier molecular flexibility index (Phi) is 5.08. The minimum Gasteiger partial charge on any atom is -0.335 e. The first-order valence-corrected chi connectivity index (χ1v) is 7.71. The van der Waals surface area contributed by atoms with Crippen molar-refractivity contribution in [1.82, 2.24) is 15.2 Å². The molecule has 1 aliphatic carbocycles. The zero-order chi connectivity index (χ0) is 15.5. The number of halogens is 3. The van der Waals surface area contributed by atoms with Gasteiger partial charge in [0, 0.05) is 24.7 Å². The quantitative estimate of drug-likeness (QED) is 0.927. The number of alkyl halides is 3. The van der Waals surface area contributed by atoms with Crippen LogP contribution in [0.2, 0.25) is 0 Å². The van der Waals surface area contributed by atoms with Crippen LogP contribution in [0.3, 0.4) is 0 Å². The molecule has 0 saturated heterocycles. The molecule has 2 amide bonds. The molecule has 1 saturated carbocycles. The fourth-order valence-corrected chi connectivity index (χ4v) is 3.18. The van der Waals surface area contributed by atoms with Crippen LogP contribution >= 0.6 is 11.3 Å². The molecule has 1 N–H and O–H groups in total. The highest BCUT2D eigenvalue weighted by Gasteiger charge is 2.42. The number of nitrogens with one attached hydrogen (secondary N) is 1. The van der Waals surface area contributed by atoms with Crippen molar-refractivity contribution in [2.75, 3.05) is 7.05 Å². The number of amides is 2. The third-order valence-corrected chi connectivity index (χ3v) is 4.43. The maximum absolute atomic E-state index is 12.7. The summed E-state index contributed by atoms with van der Waals surface area (Å²) in [5.74, 6) is -1.30. The van der Waals surface area contributed by atoms with Gasteiger partial charge in [0.2, 0.25) is 0 Å². The third kappa shape index (κ3) is 4.59. The van der Waals surface area contributed by atoms with E-state index in [1.807, 2.05) is 5.38 Å². The molecule has 1 aromatic rings. The first-order chi connectivity index (χ1) is 9.86. The van der Waals surface area contributed by atoms with Gasteiger partial charge in [0.05, 0.1) is 12.5 Å². The number of rotatable bonds is 3. The lowest BCUT2D eigenvalue weighted by atomic mass is 9.85. The smallest absolute Gasteiger partial charge is 0.335 e. The van der Waals surface area contributed by atoms with Gasteiger partial charge in [-0.15, -0.1) is 11.3 Å². The summed E-state index contributed by atoms with van der Waals surface area (Å²) in [6.07, 6.45) is -1.29. The summed E-state index contributed by atoms with van der Waals surface area (Å²) in [7, 11) is 1.61. The number of hydrogen-bond acceptors (Lipinski definition) is 3. The summed E-state index contributed by atoms with van der Waals surface area (Å²) in [5, 5.41) is 5.31. The normalized spacial score (nSPS) is 22.9. The Bertz CT molecular complexity index is 464. The average molecular weight is 321 g/mol. The second kappa shape index (κ2) is 6.64. The van der Waals surface area contributed by atoms with E-state index in [0.29, 0.717) is 19.4 Å². The van der Waals surface area contributed by atoms with Crippen LogP contribution in [0, 0.1) is 5.92 Å². The van der Waals surface area contributed by atoms with E-state index in [9.17, 15) is 18.0 Å². The van der Waals surface area contributed by atoms with Crippen molar-refractivity contribution in [3.8, 4) is 0 Å². The van der Waals surface area contributed by atoms with Crippen molar-refractivity contribution in [2.45, 2.75) is 44.4 Å². The molecule has 1 aromatic heterocycles. The monoisotopic (exact) mass is 321 g/mol. The number of urea groups is 1. The standard InChI is InChI=1S/C13H18F3N3OS/c1-19(8-11-17-5-6-21-11)12(20)18-10-4-2-3-9(7-10)13(14,15)16/h5-6,9-10H,2-4,7-8H2,1H3,(H,18,20)/t9-,10-/m1/s1. The Morgan fingerprint density at radius 3 is 2.90 bits per heavy atom. The molecule has 1 fully saturated rings. The Labute approximate surface area is 125 Å². The Morgan fingerprint density at radius 2 is 2.29 bits per heavy atom. The molecule has 0 unspecified atom stereocenters. The van der Waals surface area contributed by atoms with Gasteiger partial charge >= 0.3 is 12.2 Å². The molecule has 2 atom stereocenters. The van der Waals surface area contributed by atoms with Crippen LogP contribution in [-0.4, -0.2) is 35.2 Å². The zero-order valence-electron chi connectivity index (χ0n) is 11.7. The zero-order valence-corrected chi connectivity index (χ0v) is 12.5. The van der Waals surface area contributed by atoms with Gasteiger partial charge in [0.1, 0.15) is 5.01 Å². The van der Waals surface area contributed by atoms with Gasteiger partial charge in [-0.1, -0.05) is 6.42 Å². The maximum Gasteiger partial charge on any atom is 0.391 e. The lowest BCUT2D eigenvalue weighted by Gasteiger charge is -2.32. The first kappa shape index (κ1) is 16.1. The summed E-state index contributed by atoms with van der Waals surface area (Å²) >= 11 is 1.44. The van der Waals surface area contributed by atoms with Crippen LogP contribution in [0.25, 0.3) is 0 Å².